The highest BCUT2D eigenvalue weighted by atomic mass is 35.5. The molecule has 0 saturated carbocycles. The molecule has 1 aliphatic carbocycles. The molecule has 1 aliphatic rings. The Bertz CT molecular complexity index is 432. The molecule has 0 bridgehead atoms. The number of hydrogen-bond donors (Lipinski definition) is 0. The second-order valence-electron chi connectivity index (χ2n) is 5.22. The van der Waals surface area contributed by atoms with Gasteiger partial charge in [0.1, 0.15) is 5.82 Å². The Kier molecular flexibility index (Phi) is 3.07. The van der Waals surface area contributed by atoms with Crippen LogP contribution in [0.5, 0.6) is 0 Å². The van der Waals surface area contributed by atoms with Crippen LogP contribution in [-0.4, -0.2) is 0 Å². The highest BCUT2D eigenvalue weighted by Gasteiger charge is 2.22. The molecule has 0 aromatic heterocycles. The van der Waals surface area contributed by atoms with Gasteiger partial charge in [0.05, 0.1) is 0 Å². The van der Waals surface area contributed by atoms with E-state index >= 15 is 0 Å². The second kappa shape index (κ2) is 4.21. The molecule has 2 heteroatoms. The average molecular weight is 239 g/mol. The number of benzene rings is 1. The van der Waals surface area contributed by atoms with Gasteiger partial charge in [0, 0.05) is 10.6 Å². The van der Waals surface area contributed by atoms with Gasteiger partial charge in [-0.15, -0.1) is 0 Å². The maximum atomic E-state index is 13.6. The van der Waals surface area contributed by atoms with Gasteiger partial charge in [0.15, 0.2) is 0 Å². The third-order valence-electron chi connectivity index (χ3n) is 3.25. The van der Waals surface area contributed by atoms with E-state index in [1.54, 1.807) is 12.1 Å². The van der Waals surface area contributed by atoms with E-state index in [1.165, 1.54) is 6.07 Å². The average Bonchev–Trinajstić information content (AvgIpc) is 2.22. The summed E-state index contributed by atoms with van der Waals surface area (Å²) in [6.07, 6.45) is 5.20. The smallest absolute Gasteiger partial charge is 0.130 e. The molecule has 0 amide bonds. The zero-order valence-corrected chi connectivity index (χ0v) is 10.4. The third-order valence-corrected chi connectivity index (χ3v) is 3.48. The fourth-order valence-corrected chi connectivity index (χ4v) is 2.24. The van der Waals surface area contributed by atoms with E-state index in [0.29, 0.717) is 16.0 Å². The van der Waals surface area contributed by atoms with Gasteiger partial charge in [-0.05, 0) is 48.4 Å². The SMILES string of the molecule is CC1(C)CC=C(c2cc(Cl)ccc2F)CC1. The van der Waals surface area contributed by atoms with Crippen LogP contribution in [0.2, 0.25) is 5.02 Å². The fraction of sp³-hybridized carbons (Fsp3) is 0.429. The van der Waals surface area contributed by atoms with Crippen LogP contribution in [0.3, 0.4) is 0 Å². The van der Waals surface area contributed by atoms with Crippen molar-refractivity contribution >= 4 is 17.2 Å². The number of allylic oxidation sites excluding steroid dienone is 2. The van der Waals surface area contributed by atoms with Crippen LogP contribution in [-0.2, 0) is 0 Å². The van der Waals surface area contributed by atoms with Gasteiger partial charge in [-0.3, -0.25) is 0 Å². The molecule has 0 radical (unpaired) electrons. The van der Waals surface area contributed by atoms with Crippen molar-refractivity contribution in [2.75, 3.05) is 0 Å². The zero-order chi connectivity index (χ0) is 11.8. The molecule has 86 valence electrons. The van der Waals surface area contributed by atoms with Gasteiger partial charge in [-0.25, -0.2) is 4.39 Å². The Morgan fingerprint density at radius 3 is 2.69 bits per heavy atom. The minimum absolute atomic E-state index is 0.171. The first-order valence-electron chi connectivity index (χ1n) is 5.62. The van der Waals surface area contributed by atoms with Crippen LogP contribution >= 0.6 is 11.6 Å². The summed E-state index contributed by atoms with van der Waals surface area (Å²) in [6.45, 7) is 4.49. The minimum atomic E-state index is -0.171. The van der Waals surface area contributed by atoms with Crippen molar-refractivity contribution < 1.29 is 4.39 Å². The molecule has 0 spiro atoms. The molecule has 0 saturated heterocycles. The normalized spacial score (nSPS) is 19.4. The van der Waals surface area contributed by atoms with Gasteiger partial charge < -0.3 is 0 Å². The molecule has 16 heavy (non-hydrogen) atoms. The first-order chi connectivity index (χ1) is 7.48. The molecular weight excluding hydrogens is 223 g/mol. The van der Waals surface area contributed by atoms with Crippen molar-refractivity contribution in [2.45, 2.75) is 33.1 Å². The van der Waals surface area contributed by atoms with E-state index < -0.39 is 0 Å². The standard InChI is InChI=1S/C14H16ClF/c1-14(2)7-5-10(6-8-14)12-9-11(15)3-4-13(12)16/h3-5,9H,6-8H2,1-2H3. The lowest BCUT2D eigenvalue weighted by atomic mass is 9.77. The first-order valence-corrected chi connectivity index (χ1v) is 6.00. The van der Waals surface area contributed by atoms with Crippen molar-refractivity contribution in [3.05, 3.63) is 40.7 Å². The van der Waals surface area contributed by atoms with Crippen LogP contribution in [0, 0.1) is 11.2 Å². The van der Waals surface area contributed by atoms with Crippen LogP contribution in [0.25, 0.3) is 5.57 Å². The van der Waals surface area contributed by atoms with Crippen molar-refractivity contribution in [3.8, 4) is 0 Å². The molecule has 0 heterocycles. The summed E-state index contributed by atoms with van der Waals surface area (Å²) in [5.74, 6) is -0.171. The van der Waals surface area contributed by atoms with E-state index in [1.807, 2.05) is 0 Å². The Hall–Kier alpha value is -0.820. The molecule has 2 rings (SSSR count). The van der Waals surface area contributed by atoms with Gasteiger partial charge >= 0.3 is 0 Å². The molecular formula is C14H16ClF. The molecule has 0 N–H and O–H groups in total. The Labute approximate surface area is 101 Å². The largest absolute Gasteiger partial charge is 0.206 e. The summed E-state index contributed by atoms with van der Waals surface area (Å²) >= 11 is 5.90. The van der Waals surface area contributed by atoms with E-state index in [-0.39, 0.29) is 5.82 Å². The van der Waals surface area contributed by atoms with Crippen molar-refractivity contribution in [3.63, 3.8) is 0 Å². The summed E-state index contributed by atoms with van der Waals surface area (Å²) in [4.78, 5) is 0. The van der Waals surface area contributed by atoms with Gasteiger partial charge in [-0.1, -0.05) is 31.5 Å². The van der Waals surface area contributed by atoms with Crippen molar-refractivity contribution in [2.24, 2.45) is 5.41 Å². The van der Waals surface area contributed by atoms with Crippen molar-refractivity contribution in [1.29, 1.82) is 0 Å². The highest BCUT2D eigenvalue weighted by molar-refractivity contribution is 6.30. The Morgan fingerprint density at radius 1 is 1.31 bits per heavy atom. The van der Waals surface area contributed by atoms with Crippen LogP contribution in [0.4, 0.5) is 4.39 Å². The summed E-state index contributed by atoms with van der Waals surface area (Å²) in [6, 6.07) is 4.76. The molecule has 0 aliphatic heterocycles. The summed E-state index contributed by atoms with van der Waals surface area (Å²) in [5.41, 5.74) is 2.11. The number of rotatable bonds is 1. The van der Waals surface area contributed by atoms with Gasteiger partial charge in [-0.2, -0.15) is 0 Å². The maximum Gasteiger partial charge on any atom is 0.130 e. The summed E-state index contributed by atoms with van der Waals surface area (Å²) < 4.78 is 13.6. The molecule has 0 unspecified atom stereocenters. The predicted molar refractivity (Wildman–Crippen MR) is 67.0 cm³/mol. The second-order valence-corrected chi connectivity index (χ2v) is 5.66. The summed E-state index contributed by atoms with van der Waals surface area (Å²) in [5, 5.41) is 0.599. The summed E-state index contributed by atoms with van der Waals surface area (Å²) in [7, 11) is 0. The first kappa shape index (κ1) is 11.7. The lowest BCUT2D eigenvalue weighted by Crippen LogP contribution is -2.14. The monoisotopic (exact) mass is 238 g/mol. The molecule has 0 atom stereocenters. The van der Waals surface area contributed by atoms with Crippen LogP contribution < -0.4 is 0 Å². The predicted octanol–water partition coefficient (Wildman–Crippen LogP) is 5.07. The molecule has 1 aromatic rings. The van der Waals surface area contributed by atoms with E-state index in [0.717, 1.165) is 24.8 Å². The minimum Gasteiger partial charge on any atom is -0.206 e. The van der Waals surface area contributed by atoms with Crippen LogP contribution in [0.1, 0.15) is 38.7 Å². The van der Waals surface area contributed by atoms with Crippen molar-refractivity contribution in [1.82, 2.24) is 0 Å². The molecule has 1 aromatic carbocycles. The molecule has 0 nitrogen and oxygen atoms in total. The van der Waals surface area contributed by atoms with Gasteiger partial charge in [0.2, 0.25) is 0 Å². The highest BCUT2D eigenvalue weighted by Crippen LogP contribution is 2.38. The molecule has 0 fully saturated rings. The fourth-order valence-electron chi connectivity index (χ4n) is 2.06. The number of hydrogen-bond acceptors (Lipinski definition) is 0. The maximum absolute atomic E-state index is 13.6. The lowest BCUT2D eigenvalue weighted by molar-refractivity contribution is 0.334. The third kappa shape index (κ3) is 2.46. The van der Waals surface area contributed by atoms with E-state index in [4.69, 9.17) is 11.6 Å². The Morgan fingerprint density at radius 2 is 2.06 bits per heavy atom. The quantitative estimate of drug-likeness (QED) is 0.641. The van der Waals surface area contributed by atoms with Gasteiger partial charge in [0.25, 0.3) is 0 Å². The Balaban J connectivity index is 2.32. The number of halogens is 2. The van der Waals surface area contributed by atoms with E-state index in [9.17, 15) is 4.39 Å². The van der Waals surface area contributed by atoms with Crippen LogP contribution in [0.15, 0.2) is 24.3 Å². The zero-order valence-electron chi connectivity index (χ0n) is 9.69. The lowest BCUT2D eigenvalue weighted by Gasteiger charge is -2.28. The topological polar surface area (TPSA) is 0 Å². The van der Waals surface area contributed by atoms with E-state index in [2.05, 4.69) is 19.9 Å².